The minimum absolute atomic E-state index is 0.00734. The fourth-order valence-corrected chi connectivity index (χ4v) is 2.95. The normalized spacial score (nSPS) is 16.9. The van der Waals surface area contributed by atoms with Crippen LogP contribution in [0.25, 0.3) is 0 Å². The Labute approximate surface area is 126 Å². The lowest BCUT2D eigenvalue weighted by Crippen LogP contribution is -2.41. The molecule has 1 aromatic rings. The summed E-state index contributed by atoms with van der Waals surface area (Å²) in [6.07, 6.45) is 2.08. The third-order valence-corrected chi connectivity index (χ3v) is 4.43. The lowest BCUT2D eigenvalue weighted by atomic mass is 9.75. The van der Waals surface area contributed by atoms with Gasteiger partial charge in [-0.05, 0) is 42.4 Å². The molecule has 1 fully saturated rings. The van der Waals surface area contributed by atoms with E-state index in [0.717, 1.165) is 25.9 Å². The second-order valence-corrected chi connectivity index (χ2v) is 6.82. The number of nitrogens with zero attached hydrogens (tertiary/aromatic N) is 1. The van der Waals surface area contributed by atoms with Crippen molar-refractivity contribution in [1.29, 1.82) is 0 Å². The van der Waals surface area contributed by atoms with Gasteiger partial charge < -0.3 is 14.7 Å². The van der Waals surface area contributed by atoms with Gasteiger partial charge in [0.05, 0.1) is 7.11 Å². The first-order valence-corrected chi connectivity index (χ1v) is 7.49. The fourth-order valence-electron chi connectivity index (χ4n) is 2.95. The summed E-state index contributed by atoms with van der Waals surface area (Å²) < 4.78 is 5.00. The number of methoxy groups -OCH3 is 1. The van der Waals surface area contributed by atoms with Crippen molar-refractivity contribution in [3.63, 3.8) is 0 Å². The summed E-state index contributed by atoms with van der Waals surface area (Å²) in [7, 11) is 1.49. The van der Waals surface area contributed by atoms with E-state index in [-0.39, 0.29) is 11.7 Å². The number of hydrogen-bond donors (Lipinski definition) is 1. The van der Waals surface area contributed by atoms with Crippen molar-refractivity contribution in [2.24, 2.45) is 11.3 Å². The minimum atomic E-state index is -0.0136. The standard InChI is InChI=1S/C17H25NO3/c1-17(2,3)13-7-9-18(10-8-13)16(20)12-5-6-15(21-4)14(19)11-12/h5-6,11,13,19H,7-10H2,1-4H3. The molecule has 4 heteroatoms. The molecule has 0 radical (unpaired) electrons. The topological polar surface area (TPSA) is 49.8 Å². The molecule has 2 rings (SSSR count). The van der Waals surface area contributed by atoms with Gasteiger partial charge in [-0.15, -0.1) is 0 Å². The van der Waals surface area contributed by atoms with Crippen LogP contribution in [0.1, 0.15) is 44.0 Å². The fraction of sp³-hybridized carbons (Fsp3) is 0.588. The average Bonchev–Trinajstić information content (AvgIpc) is 2.45. The van der Waals surface area contributed by atoms with Crippen LogP contribution in [0.4, 0.5) is 0 Å². The molecule has 0 aliphatic carbocycles. The summed E-state index contributed by atoms with van der Waals surface area (Å²) in [4.78, 5) is 14.4. The van der Waals surface area contributed by atoms with E-state index in [2.05, 4.69) is 20.8 Å². The SMILES string of the molecule is COc1ccc(C(=O)N2CCC(C(C)(C)C)CC2)cc1O. The highest BCUT2D eigenvalue weighted by Gasteiger charge is 2.30. The highest BCUT2D eigenvalue weighted by molar-refractivity contribution is 5.95. The van der Waals surface area contributed by atoms with Crippen LogP contribution < -0.4 is 4.74 Å². The third kappa shape index (κ3) is 3.49. The Morgan fingerprint density at radius 2 is 1.90 bits per heavy atom. The van der Waals surface area contributed by atoms with Crippen molar-refractivity contribution < 1.29 is 14.6 Å². The number of carbonyl (C=O) groups excluding carboxylic acids is 1. The van der Waals surface area contributed by atoms with Gasteiger partial charge >= 0.3 is 0 Å². The predicted octanol–water partition coefficient (Wildman–Crippen LogP) is 3.30. The van der Waals surface area contributed by atoms with E-state index in [1.165, 1.54) is 13.2 Å². The summed E-state index contributed by atoms with van der Waals surface area (Å²) in [5.41, 5.74) is 0.815. The van der Waals surface area contributed by atoms with E-state index >= 15 is 0 Å². The molecule has 116 valence electrons. The van der Waals surface area contributed by atoms with Gasteiger partial charge in [-0.2, -0.15) is 0 Å². The van der Waals surface area contributed by atoms with Crippen molar-refractivity contribution in [2.75, 3.05) is 20.2 Å². The molecule has 0 aromatic heterocycles. The monoisotopic (exact) mass is 291 g/mol. The maximum absolute atomic E-state index is 12.5. The third-order valence-electron chi connectivity index (χ3n) is 4.43. The number of piperidine rings is 1. The molecule has 0 bridgehead atoms. The maximum atomic E-state index is 12.5. The smallest absolute Gasteiger partial charge is 0.253 e. The van der Waals surface area contributed by atoms with Crippen LogP contribution in [0.15, 0.2) is 18.2 Å². The molecule has 1 N–H and O–H groups in total. The lowest BCUT2D eigenvalue weighted by Gasteiger charge is -2.38. The van der Waals surface area contributed by atoms with Crippen molar-refractivity contribution in [3.05, 3.63) is 23.8 Å². The van der Waals surface area contributed by atoms with Gasteiger partial charge in [-0.1, -0.05) is 20.8 Å². The van der Waals surface area contributed by atoms with Crippen LogP contribution in [0.2, 0.25) is 0 Å². The second kappa shape index (κ2) is 5.96. The van der Waals surface area contributed by atoms with Crippen LogP contribution in [-0.2, 0) is 0 Å². The zero-order valence-electron chi connectivity index (χ0n) is 13.3. The largest absolute Gasteiger partial charge is 0.504 e. The quantitative estimate of drug-likeness (QED) is 0.909. The van der Waals surface area contributed by atoms with E-state index in [9.17, 15) is 9.90 Å². The van der Waals surface area contributed by atoms with E-state index in [1.807, 2.05) is 4.90 Å². The summed E-state index contributed by atoms with van der Waals surface area (Å²) >= 11 is 0. The zero-order valence-corrected chi connectivity index (χ0v) is 13.3. The summed E-state index contributed by atoms with van der Waals surface area (Å²) in [5, 5.41) is 9.79. The molecule has 0 unspecified atom stereocenters. The number of rotatable bonds is 2. The molecule has 0 saturated carbocycles. The van der Waals surface area contributed by atoms with Crippen molar-refractivity contribution in [1.82, 2.24) is 4.90 Å². The Balaban J connectivity index is 2.04. The van der Waals surface area contributed by atoms with E-state index in [1.54, 1.807) is 12.1 Å². The van der Waals surface area contributed by atoms with Gasteiger partial charge in [0.25, 0.3) is 5.91 Å². The van der Waals surface area contributed by atoms with Crippen LogP contribution in [0.5, 0.6) is 11.5 Å². The second-order valence-electron chi connectivity index (χ2n) is 6.82. The van der Waals surface area contributed by atoms with Crippen LogP contribution in [0.3, 0.4) is 0 Å². The Bertz CT molecular complexity index is 511. The van der Waals surface area contributed by atoms with Crippen molar-refractivity contribution in [3.8, 4) is 11.5 Å². The van der Waals surface area contributed by atoms with Gasteiger partial charge in [0.1, 0.15) is 0 Å². The van der Waals surface area contributed by atoms with Crippen molar-refractivity contribution >= 4 is 5.91 Å². The van der Waals surface area contributed by atoms with E-state index < -0.39 is 0 Å². The number of benzene rings is 1. The molecule has 1 aliphatic heterocycles. The number of likely N-dealkylation sites (tertiary alicyclic amines) is 1. The molecule has 0 spiro atoms. The number of amides is 1. The summed E-state index contributed by atoms with van der Waals surface area (Å²) in [6.45, 7) is 8.35. The predicted molar refractivity (Wildman–Crippen MR) is 82.7 cm³/mol. The molecule has 4 nitrogen and oxygen atoms in total. The van der Waals surface area contributed by atoms with Gasteiger partial charge in [0.2, 0.25) is 0 Å². The van der Waals surface area contributed by atoms with Crippen LogP contribution in [-0.4, -0.2) is 36.1 Å². The summed E-state index contributed by atoms with van der Waals surface area (Å²) in [6, 6.07) is 4.82. The summed E-state index contributed by atoms with van der Waals surface area (Å²) in [5.74, 6) is 1.04. The van der Waals surface area contributed by atoms with Gasteiger partial charge in [-0.25, -0.2) is 0 Å². The number of carbonyl (C=O) groups is 1. The molecular formula is C17H25NO3. The molecular weight excluding hydrogens is 266 g/mol. The molecule has 21 heavy (non-hydrogen) atoms. The molecule has 1 aliphatic rings. The van der Waals surface area contributed by atoms with Crippen LogP contribution in [0, 0.1) is 11.3 Å². The molecule has 1 heterocycles. The highest BCUT2D eigenvalue weighted by Crippen LogP contribution is 2.35. The number of aromatic hydroxyl groups is 1. The molecule has 0 atom stereocenters. The zero-order chi connectivity index (χ0) is 15.6. The first-order valence-electron chi connectivity index (χ1n) is 7.49. The first-order chi connectivity index (χ1) is 9.82. The maximum Gasteiger partial charge on any atom is 0.253 e. The number of hydrogen-bond acceptors (Lipinski definition) is 3. The number of phenols is 1. The van der Waals surface area contributed by atoms with Crippen molar-refractivity contribution in [2.45, 2.75) is 33.6 Å². The van der Waals surface area contributed by atoms with Gasteiger partial charge in [0, 0.05) is 18.7 Å². The van der Waals surface area contributed by atoms with Gasteiger partial charge in [0.15, 0.2) is 11.5 Å². The Kier molecular flexibility index (Phi) is 4.45. The Morgan fingerprint density at radius 3 is 2.38 bits per heavy atom. The van der Waals surface area contributed by atoms with Gasteiger partial charge in [-0.3, -0.25) is 4.79 Å². The molecule has 1 amide bonds. The van der Waals surface area contributed by atoms with E-state index in [4.69, 9.17) is 4.74 Å². The average molecular weight is 291 g/mol. The highest BCUT2D eigenvalue weighted by atomic mass is 16.5. The molecule has 1 saturated heterocycles. The molecule has 1 aromatic carbocycles. The lowest BCUT2D eigenvalue weighted by molar-refractivity contribution is 0.0608. The van der Waals surface area contributed by atoms with Crippen LogP contribution >= 0.6 is 0 Å². The minimum Gasteiger partial charge on any atom is -0.504 e. The van der Waals surface area contributed by atoms with E-state index in [0.29, 0.717) is 22.6 Å². The number of ether oxygens (including phenoxy) is 1. The number of phenolic OH excluding ortho intramolecular Hbond substituents is 1. The Morgan fingerprint density at radius 1 is 1.29 bits per heavy atom. The first kappa shape index (κ1) is 15.7. The Hall–Kier alpha value is -1.71.